The number of hydrogen-bond acceptors (Lipinski definition) is 3. The smallest absolute Gasteiger partial charge is 0.220 e. The van der Waals surface area contributed by atoms with E-state index in [-0.39, 0.29) is 17.8 Å². The van der Waals surface area contributed by atoms with Crippen LogP contribution in [-0.2, 0) is 11.2 Å². The molecule has 5 heteroatoms. The Morgan fingerprint density at radius 1 is 1.47 bits per heavy atom. The van der Waals surface area contributed by atoms with Gasteiger partial charge in [-0.2, -0.15) is 0 Å². The highest BCUT2D eigenvalue weighted by atomic mass is 19.1. The van der Waals surface area contributed by atoms with Gasteiger partial charge in [0, 0.05) is 37.5 Å². The molecule has 1 fully saturated rings. The average molecular weight is 264 g/mol. The highest BCUT2D eigenvalue weighted by Gasteiger charge is 2.25. The standard InChI is InChI=1S/C14H17FN2O2/c15-10-1-3-13-9(5-10)6-12(19-13)8-16-11-2-4-14(18)17-7-11/h1,3,5,11-12,16H,2,4,6-8H2,(H,17,18). The van der Waals surface area contributed by atoms with Crippen LogP contribution in [0, 0.1) is 5.82 Å². The molecule has 2 aliphatic heterocycles. The van der Waals surface area contributed by atoms with E-state index < -0.39 is 0 Å². The van der Waals surface area contributed by atoms with Gasteiger partial charge in [0.2, 0.25) is 5.91 Å². The van der Waals surface area contributed by atoms with Gasteiger partial charge in [-0.3, -0.25) is 4.79 Å². The molecule has 2 atom stereocenters. The molecular weight excluding hydrogens is 247 g/mol. The number of nitrogens with one attached hydrogen (secondary N) is 2. The molecule has 0 bridgehead atoms. The van der Waals surface area contributed by atoms with Crippen LogP contribution < -0.4 is 15.4 Å². The number of ether oxygens (including phenoxy) is 1. The third-order valence-corrected chi connectivity index (χ3v) is 3.66. The Morgan fingerprint density at radius 2 is 2.37 bits per heavy atom. The zero-order valence-corrected chi connectivity index (χ0v) is 10.6. The van der Waals surface area contributed by atoms with Crippen molar-refractivity contribution in [3.05, 3.63) is 29.6 Å². The van der Waals surface area contributed by atoms with Crippen LogP contribution in [0.4, 0.5) is 4.39 Å². The van der Waals surface area contributed by atoms with E-state index in [1.165, 1.54) is 12.1 Å². The summed E-state index contributed by atoms with van der Waals surface area (Å²) in [5, 5.41) is 6.24. The van der Waals surface area contributed by atoms with E-state index >= 15 is 0 Å². The number of rotatable bonds is 3. The Morgan fingerprint density at radius 3 is 3.16 bits per heavy atom. The van der Waals surface area contributed by atoms with E-state index in [0.29, 0.717) is 19.0 Å². The molecule has 19 heavy (non-hydrogen) atoms. The van der Waals surface area contributed by atoms with E-state index in [9.17, 15) is 9.18 Å². The molecule has 1 amide bonds. The lowest BCUT2D eigenvalue weighted by Crippen LogP contribution is -2.48. The molecule has 1 saturated heterocycles. The molecule has 2 aliphatic rings. The van der Waals surface area contributed by atoms with Gasteiger partial charge in [0.15, 0.2) is 0 Å². The van der Waals surface area contributed by atoms with Crippen molar-refractivity contribution in [1.82, 2.24) is 10.6 Å². The fraction of sp³-hybridized carbons (Fsp3) is 0.500. The van der Waals surface area contributed by atoms with Gasteiger partial charge in [0.25, 0.3) is 0 Å². The van der Waals surface area contributed by atoms with Crippen LogP contribution in [0.25, 0.3) is 0 Å². The highest BCUT2D eigenvalue weighted by Crippen LogP contribution is 2.29. The van der Waals surface area contributed by atoms with Crippen LogP contribution in [0.1, 0.15) is 18.4 Å². The maximum absolute atomic E-state index is 13.1. The molecule has 1 aromatic rings. The summed E-state index contributed by atoms with van der Waals surface area (Å²) < 4.78 is 18.8. The van der Waals surface area contributed by atoms with Crippen LogP contribution in [0.15, 0.2) is 18.2 Å². The Kier molecular flexibility index (Phi) is 3.38. The lowest BCUT2D eigenvalue weighted by Gasteiger charge is -2.24. The first-order valence-electron chi connectivity index (χ1n) is 6.66. The van der Waals surface area contributed by atoms with Crippen molar-refractivity contribution in [2.45, 2.75) is 31.4 Å². The third-order valence-electron chi connectivity index (χ3n) is 3.66. The molecule has 0 saturated carbocycles. The van der Waals surface area contributed by atoms with Gasteiger partial charge in [0.05, 0.1) is 0 Å². The second-order valence-electron chi connectivity index (χ2n) is 5.14. The monoisotopic (exact) mass is 264 g/mol. The Hall–Kier alpha value is -1.62. The molecule has 2 unspecified atom stereocenters. The Bertz CT molecular complexity index is 482. The fourth-order valence-electron chi connectivity index (χ4n) is 2.61. The van der Waals surface area contributed by atoms with Gasteiger partial charge in [-0.25, -0.2) is 4.39 Å². The van der Waals surface area contributed by atoms with Gasteiger partial charge in [-0.1, -0.05) is 0 Å². The van der Waals surface area contributed by atoms with E-state index in [2.05, 4.69) is 10.6 Å². The number of amides is 1. The molecule has 102 valence electrons. The van der Waals surface area contributed by atoms with Crippen molar-refractivity contribution < 1.29 is 13.9 Å². The summed E-state index contributed by atoms with van der Waals surface area (Å²) in [5.74, 6) is 0.689. The van der Waals surface area contributed by atoms with Crippen molar-refractivity contribution in [1.29, 1.82) is 0 Å². The molecule has 0 spiro atoms. The average Bonchev–Trinajstić information content (AvgIpc) is 2.80. The fourth-order valence-corrected chi connectivity index (χ4v) is 2.61. The Labute approximate surface area is 111 Å². The van der Waals surface area contributed by atoms with E-state index in [1.807, 2.05) is 0 Å². The number of halogens is 1. The summed E-state index contributed by atoms with van der Waals surface area (Å²) in [6.07, 6.45) is 2.22. The predicted molar refractivity (Wildman–Crippen MR) is 68.6 cm³/mol. The number of carbonyl (C=O) groups excluding carboxylic acids is 1. The molecular formula is C14H17FN2O2. The molecule has 0 radical (unpaired) electrons. The molecule has 3 rings (SSSR count). The first kappa shape index (κ1) is 12.4. The largest absolute Gasteiger partial charge is 0.488 e. The van der Waals surface area contributed by atoms with Crippen molar-refractivity contribution in [3.63, 3.8) is 0 Å². The normalized spacial score (nSPS) is 25.6. The topological polar surface area (TPSA) is 50.4 Å². The second-order valence-corrected chi connectivity index (χ2v) is 5.14. The SMILES string of the molecule is O=C1CCC(NCC2Cc3cc(F)ccc3O2)CN1. The molecule has 4 nitrogen and oxygen atoms in total. The maximum Gasteiger partial charge on any atom is 0.220 e. The predicted octanol–water partition coefficient (Wildman–Crippen LogP) is 0.997. The lowest BCUT2D eigenvalue weighted by molar-refractivity contribution is -0.122. The number of hydrogen-bond donors (Lipinski definition) is 2. The van der Waals surface area contributed by atoms with Crippen molar-refractivity contribution in [3.8, 4) is 5.75 Å². The number of piperidine rings is 1. The minimum atomic E-state index is -0.217. The maximum atomic E-state index is 13.1. The first-order valence-corrected chi connectivity index (χ1v) is 6.66. The van der Waals surface area contributed by atoms with Gasteiger partial charge in [-0.15, -0.1) is 0 Å². The van der Waals surface area contributed by atoms with Gasteiger partial charge < -0.3 is 15.4 Å². The quantitative estimate of drug-likeness (QED) is 0.856. The van der Waals surface area contributed by atoms with E-state index in [1.54, 1.807) is 6.07 Å². The summed E-state index contributed by atoms with van der Waals surface area (Å²) in [4.78, 5) is 11.1. The van der Waals surface area contributed by atoms with Crippen molar-refractivity contribution in [2.75, 3.05) is 13.1 Å². The zero-order chi connectivity index (χ0) is 13.2. The molecule has 1 aromatic carbocycles. The summed E-state index contributed by atoms with van der Waals surface area (Å²) in [7, 11) is 0. The highest BCUT2D eigenvalue weighted by molar-refractivity contribution is 5.76. The summed E-state index contributed by atoms with van der Waals surface area (Å²) >= 11 is 0. The molecule has 0 aliphatic carbocycles. The van der Waals surface area contributed by atoms with Gasteiger partial charge in [0.1, 0.15) is 17.7 Å². The lowest BCUT2D eigenvalue weighted by atomic mass is 10.1. The first-order chi connectivity index (χ1) is 9.20. The van der Waals surface area contributed by atoms with E-state index in [4.69, 9.17) is 4.74 Å². The molecule has 2 heterocycles. The number of carbonyl (C=O) groups is 1. The molecule has 2 N–H and O–H groups in total. The minimum Gasteiger partial charge on any atom is -0.488 e. The molecule has 0 aromatic heterocycles. The summed E-state index contributed by atoms with van der Waals surface area (Å²) in [6, 6.07) is 4.95. The zero-order valence-electron chi connectivity index (χ0n) is 10.6. The second kappa shape index (κ2) is 5.17. The minimum absolute atomic E-state index is 0.0504. The summed E-state index contributed by atoms with van der Waals surface area (Å²) in [5.41, 5.74) is 0.934. The van der Waals surface area contributed by atoms with Crippen LogP contribution >= 0.6 is 0 Å². The number of fused-ring (bicyclic) bond motifs is 1. The van der Waals surface area contributed by atoms with Crippen LogP contribution in [0.3, 0.4) is 0 Å². The number of benzene rings is 1. The third kappa shape index (κ3) is 2.87. The van der Waals surface area contributed by atoms with Crippen molar-refractivity contribution in [2.24, 2.45) is 0 Å². The van der Waals surface area contributed by atoms with Gasteiger partial charge >= 0.3 is 0 Å². The van der Waals surface area contributed by atoms with Crippen LogP contribution in [0.2, 0.25) is 0 Å². The van der Waals surface area contributed by atoms with Crippen LogP contribution in [0.5, 0.6) is 5.75 Å². The summed E-state index contributed by atoms with van der Waals surface area (Å²) in [6.45, 7) is 1.39. The van der Waals surface area contributed by atoms with E-state index in [0.717, 1.165) is 30.7 Å². The van der Waals surface area contributed by atoms with Gasteiger partial charge in [-0.05, 0) is 24.6 Å². The van der Waals surface area contributed by atoms with Crippen molar-refractivity contribution >= 4 is 5.91 Å². The van der Waals surface area contributed by atoms with Crippen LogP contribution in [-0.4, -0.2) is 31.1 Å². The Balaban J connectivity index is 1.49.